The molecule has 0 atom stereocenters. The van der Waals surface area contributed by atoms with Crippen molar-refractivity contribution in [2.24, 2.45) is 0 Å². The van der Waals surface area contributed by atoms with Crippen LogP contribution in [0, 0.1) is 13.8 Å². The molecule has 3 heterocycles. The van der Waals surface area contributed by atoms with Crippen LogP contribution < -0.4 is 11.1 Å². The van der Waals surface area contributed by atoms with E-state index >= 15 is 0 Å². The molecule has 2 aromatic carbocycles. The summed E-state index contributed by atoms with van der Waals surface area (Å²) in [6.07, 6.45) is 3.47. The number of anilines is 2. The predicted octanol–water partition coefficient (Wildman–Crippen LogP) is 5.63. The lowest BCUT2D eigenvalue weighted by atomic mass is 10.1. The number of fused-ring (bicyclic) bond motifs is 1. The van der Waals surface area contributed by atoms with Gasteiger partial charge in [-0.1, -0.05) is 24.3 Å². The third-order valence-electron chi connectivity index (χ3n) is 5.31. The standard InChI is InChI=1S/C25H22N6S/c1-15-14-32-23-7-6-19(9-21(15)23)22-10-24(31-16(2)30-22)27-11-17-4-3-5-18(8-17)20-12-28-25(26)29-13-20/h3-10,12-14H,11H2,1-2H3,(H2,26,28,29)(H,27,30,31). The Morgan fingerprint density at radius 2 is 1.75 bits per heavy atom. The number of hydrogen-bond acceptors (Lipinski definition) is 7. The van der Waals surface area contributed by atoms with Gasteiger partial charge in [0.2, 0.25) is 5.95 Å². The van der Waals surface area contributed by atoms with Gasteiger partial charge in [0.25, 0.3) is 0 Å². The van der Waals surface area contributed by atoms with Crippen molar-refractivity contribution in [2.75, 3.05) is 11.1 Å². The van der Waals surface area contributed by atoms with E-state index < -0.39 is 0 Å². The van der Waals surface area contributed by atoms with E-state index in [-0.39, 0.29) is 5.95 Å². The third-order valence-corrected chi connectivity index (χ3v) is 6.39. The summed E-state index contributed by atoms with van der Waals surface area (Å²) in [5.41, 5.74) is 12.0. The van der Waals surface area contributed by atoms with Crippen LogP contribution in [0.4, 0.5) is 11.8 Å². The second kappa shape index (κ2) is 8.36. The maximum Gasteiger partial charge on any atom is 0.219 e. The van der Waals surface area contributed by atoms with Crippen molar-refractivity contribution in [3.05, 3.63) is 83.3 Å². The quantitative estimate of drug-likeness (QED) is 0.370. The third kappa shape index (κ3) is 4.15. The van der Waals surface area contributed by atoms with Gasteiger partial charge in [0.15, 0.2) is 0 Å². The number of aromatic nitrogens is 4. The molecule has 0 aliphatic heterocycles. The molecule has 0 bridgehead atoms. The number of nitrogen functional groups attached to an aromatic ring is 1. The molecule has 0 spiro atoms. The van der Waals surface area contributed by atoms with E-state index in [2.05, 4.69) is 67.9 Å². The van der Waals surface area contributed by atoms with E-state index in [4.69, 9.17) is 5.73 Å². The molecule has 0 saturated carbocycles. The first-order valence-electron chi connectivity index (χ1n) is 10.3. The fraction of sp³-hybridized carbons (Fsp3) is 0.120. The van der Waals surface area contributed by atoms with Crippen LogP contribution in [0.3, 0.4) is 0 Å². The van der Waals surface area contributed by atoms with Crippen LogP contribution in [0.25, 0.3) is 32.5 Å². The van der Waals surface area contributed by atoms with Gasteiger partial charge in [-0.15, -0.1) is 11.3 Å². The average Bonchev–Trinajstić information content (AvgIpc) is 3.18. The molecule has 5 rings (SSSR count). The lowest BCUT2D eigenvalue weighted by Crippen LogP contribution is -2.04. The van der Waals surface area contributed by atoms with Crippen molar-refractivity contribution in [3.63, 3.8) is 0 Å². The largest absolute Gasteiger partial charge is 0.368 e. The molecule has 0 unspecified atom stereocenters. The minimum atomic E-state index is 0.273. The number of nitrogens with two attached hydrogens (primary N) is 1. The van der Waals surface area contributed by atoms with E-state index in [1.54, 1.807) is 23.7 Å². The number of hydrogen-bond donors (Lipinski definition) is 2. The van der Waals surface area contributed by atoms with E-state index in [0.29, 0.717) is 6.54 Å². The first kappa shape index (κ1) is 20.1. The van der Waals surface area contributed by atoms with Gasteiger partial charge in [-0.3, -0.25) is 0 Å². The topological polar surface area (TPSA) is 89.6 Å². The molecule has 5 aromatic rings. The van der Waals surface area contributed by atoms with E-state index in [0.717, 1.165) is 39.6 Å². The van der Waals surface area contributed by atoms with Crippen molar-refractivity contribution in [1.82, 2.24) is 19.9 Å². The number of rotatable bonds is 5. The number of benzene rings is 2. The molecule has 0 radical (unpaired) electrons. The summed E-state index contributed by atoms with van der Waals surface area (Å²) in [6.45, 7) is 4.71. The zero-order valence-corrected chi connectivity index (χ0v) is 18.6. The molecule has 32 heavy (non-hydrogen) atoms. The number of nitrogens with zero attached hydrogens (tertiary/aromatic N) is 4. The maximum atomic E-state index is 5.60. The Bertz CT molecular complexity index is 1410. The maximum absolute atomic E-state index is 5.60. The molecular formula is C25H22N6S. The molecular weight excluding hydrogens is 416 g/mol. The minimum Gasteiger partial charge on any atom is -0.368 e. The Hall–Kier alpha value is -3.84. The smallest absolute Gasteiger partial charge is 0.219 e. The Kier molecular flexibility index (Phi) is 5.25. The van der Waals surface area contributed by atoms with Crippen molar-refractivity contribution in [1.29, 1.82) is 0 Å². The Balaban J connectivity index is 1.38. The van der Waals surface area contributed by atoms with Crippen molar-refractivity contribution in [3.8, 4) is 22.4 Å². The van der Waals surface area contributed by atoms with Crippen molar-refractivity contribution >= 4 is 33.2 Å². The summed E-state index contributed by atoms with van der Waals surface area (Å²) in [5, 5.41) is 6.91. The van der Waals surface area contributed by atoms with Crippen molar-refractivity contribution < 1.29 is 0 Å². The first-order valence-corrected chi connectivity index (χ1v) is 11.2. The Morgan fingerprint density at radius 3 is 2.59 bits per heavy atom. The van der Waals surface area contributed by atoms with Crippen LogP contribution >= 0.6 is 11.3 Å². The average molecular weight is 439 g/mol. The Labute approximate surface area is 190 Å². The highest BCUT2D eigenvalue weighted by molar-refractivity contribution is 7.17. The molecule has 3 aromatic heterocycles. The second-order valence-corrected chi connectivity index (χ2v) is 8.61. The molecule has 0 saturated heterocycles. The second-order valence-electron chi connectivity index (χ2n) is 7.70. The first-order chi connectivity index (χ1) is 15.5. The lowest BCUT2D eigenvalue weighted by molar-refractivity contribution is 1.03. The zero-order chi connectivity index (χ0) is 22.1. The molecule has 0 amide bonds. The summed E-state index contributed by atoms with van der Waals surface area (Å²) in [5.74, 6) is 1.81. The van der Waals surface area contributed by atoms with Gasteiger partial charge < -0.3 is 11.1 Å². The number of nitrogens with one attached hydrogen (secondary N) is 1. The van der Waals surface area contributed by atoms with E-state index in [1.165, 1.54) is 15.6 Å². The summed E-state index contributed by atoms with van der Waals surface area (Å²) < 4.78 is 1.29. The van der Waals surface area contributed by atoms with Crippen LogP contribution in [0.1, 0.15) is 17.0 Å². The normalized spacial score (nSPS) is 11.1. The molecule has 0 fully saturated rings. The highest BCUT2D eigenvalue weighted by atomic mass is 32.1. The van der Waals surface area contributed by atoms with Gasteiger partial charge in [0, 0.05) is 40.8 Å². The van der Waals surface area contributed by atoms with Gasteiger partial charge in [-0.05, 0) is 59.5 Å². The molecule has 6 nitrogen and oxygen atoms in total. The fourth-order valence-corrected chi connectivity index (χ4v) is 4.59. The molecule has 0 aliphatic carbocycles. The summed E-state index contributed by atoms with van der Waals surface area (Å²) in [6, 6.07) is 16.8. The van der Waals surface area contributed by atoms with Gasteiger partial charge >= 0.3 is 0 Å². The highest BCUT2D eigenvalue weighted by Gasteiger charge is 2.08. The Morgan fingerprint density at radius 1 is 0.906 bits per heavy atom. The van der Waals surface area contributed by atoms with Crippen LogP contribution in [0.5, 0.6) is 0 Å². The lowest BCUT2D eigenvalue weighted by Gasteiger charge is -2.10. The zero-order valence-electron chi connectivity index (χ0n) is 17.8. The SMILES string of the molecule is Cc1nc(NCc2cccc(-c3cnc(N)nc3)c2)cc(-c2ccc3scc(C)c3c2)n1. The van der Waals surface area contributed by atoms with Crippen LogP contribution in [-0.2, 0) is 6.54 Å². The van der Waals surface area contributed by atoms with Gasteiger partial charge in [-0.2, -0.15) is 0 Å². The van der Waals surface area contributed by atoms with Crippen molar-refractivity contribution in [2.45, 2.75) is 20.4 Å². The van der Waals surface area contributed by atoms with Gasteiger partial charge in [-0.25, -0.2) is 19.9 Å². The molecule has 0 aliphatic rings. The van der Waals surface area contributed by atoms with Crippen LogP contribution in [-0.4, -0.2) is 19.9 Å². The fourth-order valence-electron chi connectivity index (χ4n) is 3.66. The van der Waals surface area contributed by atoms with E-state index in [1.807, 2.05) is 25.1 Å². The number of thiophene rings is 1. The van der Waals surface area contributed by atoms with Gasteiger partial charge in [0.1, 0.15) is 11.6 Å². The summed E-state index contributed by atoms with van der Waals surface area (Å²) in [4.78, 5) is 17.4. The monoisotopic (exact) mass is 438 g/mol. The molecule has 7 heteroatoms. The predicted molar refractivity (Wildman–Crippen MR) is 132 cm³/mol. The molecule has 3 N–H and O–H groups in total. The van der Waals surface area contributed by atoms with Crippen LogP contribution in [0.15, 0.2) is 66.3 Å². The van der Waals surface area contributed by atoms with Crippen LogP contribution in [0.2, 0.25) is 0 Å². The highest BCUT2D eigenvalue weighted by Crippen LogP contribution is 2.30. The van der Waals surface area contributed by atoms with E-state index in [9.17, 15) is 0 Å². The van der Waals surface area contributed by atoms with Gasteiger partial charge in [0.05, 0.1) is 5.69 Å². The minimum absolute atomic E-state index is 0.273. The summed E-state index contributed by atoms with van der Waals surface area (Å²) in [7, 11) is 0. The summed E-state index contributed by atoms with van der Waals surface area (Å²) >= 11 is 1.77. The molecule has 158 valence electrons. The number of aryl methyl sites for hydroxylation is 2.